The van der Waals surface area contributed by atoms with E-state index in [4.69, 9.17) is 16.3 Å². The molecule has 0 saturated carbocycles. The van der Waals surface area contributed by atoms with Crippen molar-refractivity contribution in [2.24, 2.45) is 0 Å². The number of hydrogen-bond donors (Lipinski definition) is 1. The Bertz CT molecular complexity index is 644. The van der Waals surface area contributed by atoms with Crippen molar-refractivity contribution in [1.29, 1.82) is 0 Å². The molecule has 0 saturated heterocycles. The molecular weight excluding hydrogens is 274 g/mol. The van der Waals surface area contributed by atoms with Crippen LogP contribution < -0.4 is 10.1 Å². The van der Waals surface area contributed by atoms with Gasteiger partial charge in [-0.25, -0.2) is 0 Å². The number of rotatable bonds is 2. The number of carbonyl (C=O) groups is 1. The van der Waals surface area contributed by atoms with Crippen molar-refractivity contribution in [2.75, 3.05) is 5.32 Å². The highest BCUT2D eigenvalue weighted by Crippen LogP contribution is 2.29. The third-order valence-electron chi connectivity index (χ3n) is 3.39. The molecule has 1 unspecified atom stereocenters. The normalized spacial score (nSPS) is 16.4. The minimum absolute atomic E-state index is 0.133. The largest absolute Gasteiger partial charge is 0.480 e. The molecule has 1 heterocycles. The van der Waals surface area contributed by atoms with Crippen LogP contribution in [-0.2, 0) is 11.2 Å². The van der Waals surface area contributed by atoms with Crippen molar-refractivity contribution >= 4 is 23.2 Å². The summed E-state index contributed by atoms with van der Waals surface area (Å²) in [6.07, 6.45) is 0.136. The standard InChI is InChI=1S/C16H14ClNO2/c1-10-8-12(17)6-7-13(10)18-16(19)15-9-11-4-2-3-5-14(11)20-15/h2-8,15H,9H2,1H3,(H,18,19). The number of nitrogens with one attached hydrogen (secondary N) is 1. The van der Waals surface area contributed by atoms with Crippen molar-refractivity contribution in [3.05, 3.63) is 58.6 Å². The first kappa shape index (κ1) is 13.0. The second-order valence-corrected chi connectivity index (χ2v) is 5.30. The summed E-state index contributed by atoms with van der Waals surface area (Å²) in [5.41, 5.74) is 2.76. The zero-order chi connectivity index (χ0) is 14.1. The Morgan fingerprint density at radius 2 is 2.10 bits per heavy atom. The maximum atomic E-state index is 12.3. The van der Waals surface area contributed by atoms with Crippen LogP contribution in [0.5, 0.6) is 5.75 Å². The predicted octanol–water partition coefficient (Wildman–Crippen LogP) is 3.59. The fourth-order valence-electron chi connectivity index (χ4n) is 2.31. The van der Waals surface area contributed by atoms with E-state index in [9.17, 15) is 4.79 Å². The van der Waals surface area contributed by atoms with Crippen molar-refractivity contribution < 1.29 is 9.53 Å². The monoisotopic (exact) mass is 287 g/mol. The average molecular weight is 288 g/mol. The number of benzene rings is 2. The summed E-state index contributed by atoms with van der Waals surface area (Å²) in [7, 11) is 0. The molecular formula is C16H14ClNO2. The van der Waals surface area contributed by atoms with Crippen LogP contribution in [0.4, 0.5) is 5.69 Å². The number of aryl methyl sites for hydroxylation is 1. The molecule has 0 spiro atoms. The van der Waals surface area contributed by atoms with Crippen LogP contribution in [0.2, 0.25) is 5.02 Å². The lowest BCUT2D eigenvalue weighted by Gasteiger charge is -2.13. The first-order chi connectivity index (χ1) is 9.63. The molecule has 0 fully saturated rings. The molecule has 1 aliphatic heterocycles. The second kappa shape index (κ2) is 5.17. The number of ether oxygens (including phenoxy) is 1. The van der Waals surface area contributed by atoms with E-state index in [0.29, 0.717) is 11.4 Å². The molecule has 0 aliphatic carbocycles. The molecule has 3 rings (SSSR count). The fraction of sp³-hybridized carbons (Fsp3) is 0.188. The third kappa shape index (κ3) is 2.49. The van der Waals surface area contributed by atoms with E-state index in [-0.39, 0.29) is 5.91 Å². The van der Waals surface area contributed by atoms with Crippen LogP contribution in [0, 0.1) is 6.92 Å². The maximum absolute atomic E-state index is 12.3. The minimum atomic E-state index is -0.470. The van der Waals surface area contributed by atoms with E-state index >= 15 is 0 Å². The molecule has 1 amide bonds. The van der Waals surface area contributed by atoms with Crippen LogP contribution >= 0.6 is 11.6 Å². The van der Waals surface area contributed by atoms with E-state index in [1.54, 1.807) is 12.1 Å². The Morgan fingerprint density at radius 3 is 2.85 bits per heavy atom. The molecule has 102 valence electrons. The van der Waals surface area contributed by atoms with Crippen molar-refractivity contribution in [1.82, 2.24) is 0 Å². The van der Waals surface area contributed by atoms with Crippen LogP contribution in [0.1, 0.15) is 11.1 Å². The molecule has 2 aromatic carbocycles. The lowest BCUT2D eigenvalue weighted by atomic mass is 10.1. The average Bonchev–Trinajstić information content (AvgIpc) is 2.86. The van der Waals surface area contributed by atoms with Gasteiger partial charge in [0.05, 0.1) is 0 Å². The quantitative estimate of drug-likeness (QED) is 0.917. The third-order valence-corrected chi connectivity index (χ3v) is 3.62. The number of anilines is 1. The molecule has 20 heavy (non-hydrogen) atoms. The molecule has 0 bridgehead atoms. The number of halogens is 1. The molecule has 1 N–H and O–H groups in total. The summed E-state index contributed by atoms with van der Waals surface area (Å²) < 4.78 is 5.67. The van der Waals surface area contributed by atoms with Crippen LogP contribution in [0.25, 0.3) is 0 Å². The summed E-state index contributed by atoms with van der Waals surface area (Å²) in [5.74, 6) is 0.659. The number of amides is 1. The highest BCUT2D eigenvalue weighted by Gasteiger charge is 2.28. The number of hydrogen-bond acceptors (Lipinski definition) is 2. The van der Waals surface area contributed by atoms with Gasteiger partial charge in [0.25, 0.3) is 5.91 Å². The lowest BCUT2D eigenvalue weighted by Crippen LogP contribution is -2.31. The van der Waals surface area contributed by atoms with Gasteiger partial charge in [-0.1, -0.05) is 29.8 Å². The van der Waals surface area contributed by atoms with Gasteiger partial charge in [0.1, 0.15) is 5.75 Å². The van der Waals surface area contributed by atoms with E-state index in [2.05, 4.69) is 5.32 Å². The first-order valence-electron chi connectivity index (χ1n) is 6.45. The summed E-state index contributed by atoms with van der Waals surface area (Å²) in [6.45, 7) is 1.91. The van der Waals surface area contributed by atoms with Gasteiger partial charge in [-0.2, -0.15) is 0 Å². The molecule has 0 radical (unpaired) electrons. The SMILES string of the molecule is Cc1cc(Cl)ccc1NC(=O)C1Cc2ccccc2O1. The van der Waals surface area contributed by atoms with Gasteiger partial charge in [0.15, 0.2) is 6.10 Å². The molecule has 3 nitrogen and oxygen atoms in total. The van der Waals surface area contributed by atoms with E-state index in [0.717, 1.165) is 22.6 Å². The van der Waals surface area contributed by atoms with Gasteiger partial charge < -0.3 is 10.1 Å². The van der Waals surface area contributed by atoms with Crippen molar-refractivity contribution in [2.45, 2.75) is 19.4 Å². The Kier molecular flexibility index (Phi) is 3.36. The first-order valence-corrected chi connectivity index (χ1v) is 6.83. The summed E-state index contributed by atoms with van der Waals surface area (Å²) in [4.78, 5) is 12.3. The summed E-state index contributed by atoms with van der Waals surface area (Å²) in [6, 6.07) is 13.1. The smallest absolute Gasteiger partial charge is 0.265 e. The summed E-state index contributed by atoms with van der Waals surface area (Å²) in [5, 5.41) is 3.55. The van der Waals surface area contributed by atoms with Crippen LogP contribution in [0.3, 0.4) is 0 Å². The Morgan fingerprint density at radius 1 is 1.30 bits per heavy atom. The number of carbonyl (C=O) groups excluding carboxylic acids is 1. The zero-order valence-electron chi connectivity index (χ0n) is 11.0. The maximum Gasteiger partial charge on any atom is 0.265 e. The van der Waals surface area contributed by atoms with Gasteiger partial charge in [-0.3, -0.25) is 4.79 Å². The topological polar surface area (TPSA) is 38.3 Å². The Balaban J connectivity index is 1.72. The Hall–Kier alpha value is -2.00. The van der Waals surface area contributed by atoms with Crippen molar-refractivity contribution in [3.8, 4) is 5.75 Å². The molecule has 1 atom stereocenters. The Labute approximate surface area is 122 Å². The molecule has 2 aromatic rings. The number of para-hydroxylation sites is 1. The van der Waals surface area contributed by atoms with Crippen LogP contribution in [-0.4, -0.2) is 12.0 Å². The molecule has 0 aromatic heterocycles. The van der Waals surface area contributed by atoms with Crippen LogP contribution in [0.15, 0.2) is 42.5 Å². The van der Waals surface area contributed by atoms with E-state index < -0.39 is 6.10 Å². The lowest BCUT2D eigenvalue weighted by molar-refractivity contribution is -0.122. The minimum Gasteiger partial charge on any atom is -0.480 e. The van der Waals surface area contributed by atoms with Gasteiger partial charge in [0.2, 0.25) is 0 Å². The highest BCUT2D eigenvalue weighted by molar-refractivity contribution is 6.30. The predicted molar refractivity (Wildman–Crippen MR) is 79.4 cm³/mol. The van der Waals surface area contributed by atoms with E-state index in [1.165, 1.54) is 0 Å². The van der Waals surface area contributed by atoms with Crippen molar-refractivity contribution in [3.63, 3.8) is 0 Å². The van der Waals surface area contributed by atoms with E-state index in [1.807, 2.05) is 37.3 Å². The summed E-state index contributed by atoms with van der Waals surface area (Å²) >= 11 is 5.90. The number of fused-ring (bicyclic) bond motifs is 1. The molecule has 4 heteroatoms. The second-order valence-electron chi connectivity index (χ2n) is 4.87. The van der Waals surface area contributed by atoms with Gasteiger partial charge in [-0.05, 0) is 42.3 Å². The van der Waals surface area contributed by atoms with Gasteiger partial charge in [0, 0.05) is 17.1 Å². The molecule has 1 aliphatic rings. The fourth-order valence-corrected chi connectivity index (χ4v) is 2.54. The highest BCUT2D eigenvalue weighted by atomic mass is 35.5. The van der Waals surface area contributed by atoms with Gasteiger partial charge in [-0.15, -0.1) is 0 Å². The zero-order valence-corrected chi connectivity index (χ0v) is 11.8. The van der Waals surface area contributed by atoms with Gasteiger partial charge >= 0.3 is 0 Å².